The highest BCUT2D eigenvalue weighted by Crippen LogP contribution is 2.20. The molecule has 0 aromatic heterocycles. The van der Waals surface area contributed by atoms with Gasteiger partial charge in [0.05, 0.1) is 6.04 Å². The minimum Gasteiger partial charge on any atom is -0.352 e. The van der Waals surface area contributed by atoms with Gasteiger partial charge >= 0.3 is 0 Å². The van der Waals surface area contributed by atoms with Crippen molar-refractivity contribution in [3.05, 3.63) is 0 Å². The smallest absolute Gasteiger partial charge is 0.237 e. The molecule has 4 nitrogen and oxygen atoms in total. The van der Waals surface area contributed by atoms with E-state index in [0.29, 0.717) is 12.6 Å². The van der Waals surface area contributed by atoms with Crippen LogP contribution in [0.1, 0.15) is 59.8 Å². The zero-order chi connectivity index (χ0) is 15.2. The first-order valence-corrected chi connectivity index (χ1v) is 8.14. The van der Waals surface area contributed by atoms with Crippen LogP contribution in [0.2, 0.25) is 0 Å². The number of hydrogen-bond acceptors (Lipinski definition) is 3. The van der Waals surface area contributed by atoms with E-state index in [1.54, 1.807) is 0 Å². The average Bonchev–Trinajstić information content (AvgIpc) is 2.90. The van der Waals surface area contributed by atoms with Crippen molar-refractivity contribution in [3.63, 3.8) is 0 Å². The average molecular weight is 283 g/mol. The van der Waals surface area contributed by atoms with Crippen molar-refractivity contribution in [1.29, 1.82) is 0 Å². The topological polar surface area (TPSA) is 58.4 Å². The summed E-state index contributed by atoms with van der Waals surface area (Å²) in [5.41, 5.74) is 5.88. The van der Waals surface area contributed by atoms with Crippen molar-refractivity contribution in [2.45, 2.75) is 71.9 Å². The van der Waals surface area contributed by atoms with Crippen molar-refractivity contribution < 1.29 is 4.79 Å². The van der Waals surface area contributed by atoms with Crippen LogP contribution in [-0.4, -0.2) is 42.5 Å². The third kappa shape index (κ3) is 5.41. The van der Waals surface area contributed by atoms with Gasteiger partial charge in [0, 0.05) is 12.6 Å². The second-order valence-electron chi connectivity index (χ2n) is 7.00. The monoisotopic (exact) mass is 283 g/mol. The molecule has 0 saturated heterocycles. The molecule has 1 amide bonds. The van der Waals surface area contributed by atoms with Gasteiger partial charge in [-0.2, -0.15) is 0 Å². The van der Waals surface area contributed by atoms with Gasteiger partial charge in [0.25, 0.3) is 0 Å². The predicted octanol–water partition coefficient (Wildman–Crippen LogP) is 2.13. The summed E-state index contributed by atoms with van der Waals surface area (Å²) >= 11 is 0. The number of hydrogen-bond donors (Lipinski definition) is 2. The maximum Gasteiger partial charge on any atom is 0.237 e. The Kier molecular flexibility index (Phi) is 6.96. The first kappa shape index (κ1) is 17.4. The maximum atomic E-state index is 12.4. The fourth-order valence-electron chi connectivity index (χ4n) is 2.87. The summed E-state index contributed by atoms with van der Waals surface area (Å²) in [5, 5.41) is 3.21. The van der Waals surface area contributed by atoms with Crippen molar-refractivity contribution in [2.24, 2.45) is 11.1 Å². The molecule has 0 bridgehead atoms. The van der Waals surface area contributed by atoms with Crippen LogP contribution in [0.3, 0.4) is 0 Å². The lowest BCUT2D eigenvalue weighted by atomic mass is 9.92. The maximum absolute atomic E-state index is 12.4. The number of amides is 1. The molecular weight excluding hydrogens is 250 g/mol. The minimum atomic E-state index is -0.0682. The first-order chi connectivity index (χ1) is 9.39. The van der Waals surface area contributed by atoms with Crippen LogP contribution in [0, 0.1) is 5.41 Å². The zero-order valence-electron chi connectivity index (χ0n) is 13.7. The Bertz CT molecular complexity index is 298. The normalized spacial score (nSPS) is 18.5. The molecule has 0 aromatic rings. The summed E-state index contributed by atoms with van der Waals surface area (Å²) in [6.45, 7) is 11.0. The van der Waals surface area contributed by atoms with E-state index in [-0.39, 0.29) is 17.4 Å². The number of nitrogens with two attached hydrogens (primary N) is 1. The standard InChI is InChI=1S/C16H33N3O/c1-5-10-19(12-16(3,4)11-17)13(2)15(20)18-14-8-6-7-9-14/h13-14H,5-12,17H2,1-4H3,(H,18,20). The molecule has 1 rings (SSSR count). The second-order valence-corrected chi connectivity index (χ2v) is 7.00. The Labute approximate surface area is 124 Å². The largest absolute Gasteiger partial charge is 0.352 e. The van der Waals surface area contributed by atoms with Gasteiger partial charge in [0.15, 0.2) is 0 Å². The van der Waals surface area contributed by atoms with Crippen LogP contribution in [0.25, 0.3) is 0 Å². The van der Waals surface area contributed by atoms with Gasteiger partial charge < -0.3 is 11.1 Å². The van der Waals surface area contributed by atoms with E-state index < -0.39 is 0 Å². The summed E-state index contributed by atoms with van der Waals surface area (Å²) in [5.74, 6) is 0.179. The summed E-state index contributed by atoms with van der Waals surface area (Å²) in [6, 6.07) is 0.331. The number of rotatable bonds is 8. The minimum absolute atomic E-state index is 0.0526. The third-order valence-corrected chi connectivity index (χ3v) is 4.32. The molecule has 1 aliphatic rings. The van der Waals surface area contributed by atoms with E-state index in [0.717, 1.165) is 32.4 Å². The van der Waals surface area contributed by atoms with Crippen LogP contribution in [0.15, 0.2) is 0 Å². The molecule has 1 unspecified atom stereocenters. The van der Waals surface area contributed by atoms with E-state index in [1.165, 1.54) is 12.8 Å². The molecular formula is C16H33N3O. The number of carbonyl (C=O) groups is 1. The van der Waals surface area contributed by atoms with Crippen LogP contribution in [0.4, 0.5) is 0 Å². The van der Waals surface area contributed by atoms with Crippen molar-refractivity contribution >= 4 is 5.91 Å². The van der Waals surface area contributed by atoms with E-state index in [1.807, 2.05) is 6.92 Å². The number of carbonyl (C=O) groups excluding carboxylic acids is 1. The van der Waals surface area contributed by atoms with Gasteiger partial charge in [-0.15, -0.1) is 0 Å². The van der Waals surface area contributed by atoms with E-state index >= 15 is 0 Å². The highest BCUT2D eigenvalue weighted by atomic mass is 16.2. The highest BCUT2D eigenvalue weighted by molar-refractivity contribution is 5.81. The molecule has 0 heterocycles. The Morgan fingerprint density at radius 2 is 2.00 bits per heavy atom. The van der Waals surface area contributed by atoms with Gasteiger partial charge in [-0.05, 0) is 44.7 Å². The lowest BCUT2D eigenvalue weighted by Crippen LogP contribution is -2.51. The molecule has 1 aliphatic carbocycles. The predicted molar refractivity (Wildman–Crippen MR) is 84.6 cm³/mol. The van der Waals surface area contributed by atoms with Gasteiger partial charge in [-0.25, -0.2) is 0 Å². The fraction of sp³-hybridized carbons (Fsp3) is 0.938. The first-order valence-electron chi connectivity index (χ1n) is 8.14. The van der Waals surface area contributed by atoms with Crippen LogP contribution >= 0.6 is 0 Å². The molecule has 1 fully saturated rings. The Hall–Kier alpha value is -0.610. The summed E-state index contributed by atoms with van der Waals surface area (Å²) in [7, 11) is 0. The highest BCUT2D eigenvalue weighted by Gasteiger charge is 2.28. The van der Waals surface area contributed by atoms with E-state index in [9.17, 15) is 4.79 Å². The number of nitrogens with one attached hydrogen (secondary N) is 1. The quantitative estimate of drug-likeness (QED) is 0.717. The molecule has 1 atom stereocenters. The lowest BCUT2D eigenvalue weighted by Gasteiger charge is -2.35. The molecule has 0 radical (unpaired) electrons. The molecule has 1 saturated carbocycles. The van der Waals surface area contributed by atoms with Gasteiger partial charge in [0.1, 0.15) is 0 Å². The van der Waals surface area contributed by atoms with Crippen molar-refractivity contribution in [3.8, 4) is 0 Å². The summed E-state index contributed by atoms with van der Waals surface area (Å²) in [4.78, 5) is 14.7. The number of nitrogens with zero attached hydrogens (tertiary/aromatic N) is 1. The van der Waals surface area contributed by atoms with Crippen molar-refractivity contribution in [1.82, 2.24) is 10.2 Å². The molecule has 0 spiro atoms. The van der Waals surface area contributed by atoms with Gasteiger partial charge in [0.2, 0.25) is 5.91 Å². The van der Waals surface area contributed by atoms with E-state index in [2.05, 4.69) is 31.0 Å². The van der Waals surface area contributed by atoms with Crippen LogP contribution in [0.5, 0.6) is 0 Å². The van der Waals surface area contributed by atoms with E-state index in [4.69, 9.17) is 5.73 Å². The lowest BCUT2D eigenvalue weighted by molar-refractivity contribution is -0.127. The van der Waals surface area contributed by atoms with Gasteiger partial charge in [-0.3, -0.25) is 9.69 Å². The van der Waals surface area contributed by atoms with Crippen LogP contribution in [-0.2, 0) is 4.79 Å². The van der Waals surface area contributed by atoms with Crippen LogP contribution < -0.4 is 11.1 Å². The fourth-order valence-corrected chi connectivity index (χ4v) is 2.87. The SMILES string of the molecule is CCCN(CC(C)(C)CN)C(C)C(=O)NC1CCCC1. The summed E-state index contributed by atoms with van der Waals surface area (Å²) in [6.07, 6.45) is 5.83. The molecule has 3 N–H and O–H groups in total. The summed E-state index contributed by atoms with van der Waals surface area (Å²) < 4.78 is 0. The molecule has 0 aliphatic heterocycles. The Morgan fingerprint density at radius 3 is 2.50 bits per heavy atom. The van der Waals surface area contributed by atoms with Gasteiger partial charge in [-0.1, -0.05) is 33.6 Å². The second kappa shape index (κ2) is 7.99. The molecule has 20 heavy (non-hydrogen) atoms. The van der Waals surface area contributed by atoms with Crippen molar-refractivity contribution in [2.75, 3.05) is 19.6 Å². The Balaban J connectivity index is 2.57. The third-order valence-electron chi connectivity index (χ3n) is 4.32. The molecule has 4 heteroatoms. The Morgan fingerprint density at radius 1 is 1.40 bits per heavy atom. The zero-order valence-corrected chi connectivity index (χ0v) is 13.7. The molecule has 0 aromatic carbocycles. The molecule has 118 valence electrons.